The van der Waals surface area contributed by atoms with Crippen molar-refractivity contribution in [3.8, 4) is 0 Å². The van der Waals surface area contributed by atoms with Gasteiger partial charge in [-0.3, -0.25) is 4.90 Å². The zero-order valence-corrected chi connectivity index (χ0v) is 7.49. The van der Waals surface area contributed by atoms with Crippen molar-refractivity contribution in [1.82, 2.24) is 4.90 Å². The summed E-state index contributed by atoms with van der Waals surface area (Å²) >= 11 is 0. The molecule has 1 fully saturated rings. The van der Waals surface area contributed by atoms with Crippen molar-refractivity contribution >= 4 is 0 Å². The van der Waals surface area contributed by atoms with E-state index in [1.807, 2.05) is 6.26 Å². The molecule has 0 amide bonds. The topological polar surface area (TPSA) is 16.4 Å². The van der Waals surface area contributed by atoms with Crippen molar-refractivity contribution in [2.24, 2.45) is 0 Å². The molecule has 0 aromatic carbocycles. The summed E-state index contributed by atoms with van der Waals surface area (Å²) in [5.74, 6) is 0. The van der Waals surface area contributed by atoms with Gasteiger partial charge in [-0.25, -0.2) is 0 Å². The smallest absolute Gasteiger partial charge is 0.0950 e. The summed E-state index contributed by atoms with van der Waals surface area (Å²) in [6.45, 7) is 4.61. The van der Waals surface area contributed by atoms with Crippen molar-refractivity contribution in [1.29, 1.82) is 0 Å². The van der Waals surface area contributed by atoms with Gasteiger partial charge in [0.05, 0.1) is 12.5 Å². The van der Waals surface area contributed by atoms with E-state index in [0.717, 1.165) is 6.54 Å². The van der Waals surface area contributed by atoms with Gasteiger partial charge in [0.15, 0.2) is 0 Å². The Balaban J connectivity index is 2.13. The van der Waals surface area contributed by atoms with Gasteiger partial charge in [0.1, 0.15) is 0 Å². The molecule has 1 aliphatic heterocycles. The zero-order chi connectivity index (χ0) is 8.39. The lowest BCUT2D eigenvalue weighted by molar-refractivity contribution is 0.270. The standard InChI is InChI=1S/C10H15NO/c1-2-11-6-3-4-10(11)9-5-7-12-8-9/h5,7-8,10H,2-4,6H2,1H3/t10-/m0/s1. The van der Waals surface area contributed by atoms with Gasteiger partial charge in [-0.2, -0.15) is 0 Å². The van der Waals surface area contributed by atoms with Crippen molar-refractivity contribution in [3.05, 3.63) is 24.2 Å². The molecule has 2 rings (SSSR count). The summed E-state index contributed by atoms with van der Waals surface area (Å²) in [4.78, 5) is 2.50. The molecular weight excluding hydrogens is 150 g/mol. The SMILES string of the molecule is CCN1CCC[C@H]1c1ccoc1. The molecule has 12 heavy (non-hydrogen) atoms. The van der Waals surface area contributed by atoms with E-state index < -0.39 is 0 Å². The molecule has 1 aromatic rings. The Labute approximate surface area is 73.2 Å². The van der Waals surface area contributed by atoms with E-state index in [1.54, 1.807) is 6.26 Å². The number of hydrogen-bond acceptors (Lipinski definition) is 2. The Morgan fingerprint density at radius 3 is 3.25 bits per heavy atom. The lowest BCUT2D eigenvalue weighted by atomic mass is 10.1. The van der Waals surface area contributed by atoms with Crippen LogP contribution in [0.15, 0.2) is 23.0 Å². The molecule has 2 heteroatoms. The van der Waals surface area contributed by atoms with Crippen LogP contribution in [-0.4, -0.2) is 18.0 Å². The third-order valence-corrected chi connectivity index (χ3v) is 2.70. The summed E-state index contributed by atoms with van der Waals surface area (Å²) in [5.41, 5.74) is 1.34. The fourth-order valence-electron chi connectivity index (χ4n) is 2.05. The van der Waals surface area contributed by atoms with Crippen LogP contribution in [0.4, 0.5) is 0 Å². The van der Waals surface area contributed by atoms with Crippen LogP contribution in [0.3, 0.4) is 0 Å². The highest BCUT2D eigenvalue weighted by Crippen LogP contribution is 2.31. The summed E-state index contributed by atoms with van der Waals surface area (Å²) in [6.07, 6.45) is 6.25. The maximum Gasteiger partial charge on any atom is 0.0950 e. The minimum Gasteiger partial charge on any atom is -0.472 e. The molecule has 1 saturated heterocycles. The van der Waals surface area contributed by atoms with Crippen LogP contribution in [0, 0.1) is 0 Å². The molecule has 1 aliphatic rings. The van der Waals surface area contributed by atoms with Gasteiger partial charge in [-0.15, -0.1) is 0 Å². The second kappa shape index (κ2) is 3.31. The highest BCUT2D eigenvalue weighted by atomic mass is 16.3. The summed E-state index contributed by atoms with van der Waals surface area (Å²) < 4.78 is 5.09. The first-order valence-corrected chi connectivity index (χ1v) is 4.68. The van der Waals surface area contributed by atoms with Crippen LogP contribution in [0.5, 0.6) is 0 Å². The number of hydrogen-bond donors (Lipinski definition) is 0. The van der Waals surface area contributed by atoms with Gasteiger partial charge in [-0.05, 0) is 32.0 Å². The normalized spacial score (nSPS) is 24.9. The molecule has 0 bridgehead atoms. The van der Waals surface area contributed by atoms with Gasteiger partial charge < -0.3 is 4.42 Å². The molecule has 0 spiro atoms. The van der Waals surface area contributed by atoms with Crippen molar-refractivity contribution in [2.75, 3.05) is 13.1 Å². The van der Waals surface area contributed by atoms with E-state index in [0.29, 0.717) is 6.04 Å². The Bertz CT molecular complexity index is 230. The predicted octanol–water partition coefficient (Wildman–Crippen LogP) is 2.44. The lowest BCUT2D eigenvalue weighted by Crippen LogP contribution is -2.22. The quantitative estimate of drug-likeness (QED) is 0.669. The molecular formula is C10H15NO. The highest BCUT2D eigenvalue weighted by molar-refractivity contribution is 5.13. The van der Waals surface area contributed by atoms with Gasteiger partial charge in [0, 0.05) is 11.6 Å². The molecule has 0 saturated carbocycles. The molecule has 2 heterocycles. The Morgan fingerprint density at radius 1 is 1.67 bits per heavy atom. The maximum absolute atomic E-state index is 5.09. The largest absolute Gasteiger partial charge is 0.472 e. The molecule has 66 valence electrons. The van der Waals surface area contributed by atoms with Crippen LogP contribution in [0.25, 0.3) is 0 Å². The average molecular weight is 165 g/mol. The van der Waals surface area contributed by atoms with Crippen LogP contribution >= 0.6 is 0 Å². The van der Waals surface area contributed by atoms with Crippen molar-refractivity contribution < 1.29 is 4.42 Å². The van der Waals surface area contributed by atoms with E-state index in [9.17, 15) is 0 Å². The van der Waals surface area contributed by atoms with Crippen LogP contribution in [0.2, 0.25) is 0 Å². The minimum absolute atomic E-state index is 0.619. The zero-order valence-electron chi connectivity index (χ0n) is 7.49. The first-order valence-electron chi connectivity index (χ1n) is 4.68. The number of furan rings is 1. The Kier molecular flexibility index (Phi) is 2.17. The van der Waals surface area contributed by atoms with Crippen molar-refractivity contribution in [3.63, 3.8) is 0 Å². The first-order chi connectivity index (χ1) is 5.92. The third-order valence-electron chi connectivity index (χ3n) is 2.70. The Morgan fingerprint density at radius 2 is 2.58 bits per heavy atom. The molecule has 1 aromatic heterocycles. The molecule has 0 aliphatic carbocycles. The molecule has 2 nitrogen and oxygen atoms in total. The van der Waals surface area contributed by atoms with Gasteiger partial charge in [-0.1, -0.05) is 6.92 Å². The molecule has 0 radical (unpaired) electrons. The fraction of sp³-hybridized carbons (Fsp3) is 0.600. The van der Waals surface area contributed by atoms with Gasteiger partial charge in [0.2, 0.25) is 0 Å². The average Bonchev–Trinajstić information content (AvgIpc) is 2.74. The van der Waals surface area contributed by atoms with E-state index in [4.69, 9.17) is 4.42 Å². The molecule has 0 unspecified atom stereocenters. The summed E-state index contributed by atoms with van der Waals surface area (Å²) in [5, 5.41) is 0. The fourth-order valence-corrected chi connectivity index (χ4v) is 2.05. The van der Waals surface area contributed by atoms with E-state index in [-0.39, 0.29) is 0 Å². The van der Waals surface area contributed by atoms with Crippen LogP contribution in [-0.2, 0) is 0 Å². The third kappa shape index (κ3) is 1.27. The maximum atomic E-state index is 5.09. The van der Waals surface area contributed by atoms with Crippen LogP contribution < -0.4 is 0 Å². The second-order valence-electron chi connectivity index (χ2n) is 3.34. The first kappa shape index (κ1) is 7.87. The number of likely N-dealkylation sites (tertiary alicyclic amines) is 1. The van der Waals surface area contributed by atoms with E-state index in [2.05, 4.69) is 17.9 Å². The Hall–Kier alpha value is -0.760. The minimum atomic E-state index is 0.619. The summed E-state index contributed by atoms with van der Waals surface area (Å²) in [6, 6.07) is 2.70. The van der Waals surface area contributed by atoms with E-state index >= 15 is 0 Å². The highest BCUT2D eigenvalue weighted by Gasteiger charge is 2.24. The summed E-state index contributed by atoms with van der Waals surface area (Å²) in [7, 11) is 0. The van der Waals surface area contributed by atoms with Gasteiger partial charge in [0.25, 0.3) is 0 Å². The predicted molar refractivity (Wildman–Crippen MR) is 47.9 cm³/mol. The molecule has 1 atom stereocenters. The van der Waals surface area contributed by atoms with Crippen LogP contribution in [0.1, 0.15) is 31.4 Å². The lowest BCUT2D eigenvalue weighted by Gasteiger charge is -2.21. The monoisotopic (exact) mass is 165 g/mol. The molecule has 0 N–H and O–H groups in total. The second-order valence-corrected chi connectivity index (χ2v) is 3.34. The van der Waals surface area contributed by atoms with Gasteiger partial charge >= 0.3 is 0 Å². The number of rotatable bonds is 2. The van der Waals surface area contributed by atoms with Crippen molar-refractivity contribution in [2.45, 2.75) is 25.8 Å². The van der Waals surface area contributed by atoms with E-state index in [1.165, 1.54) is 24.9 Å². The number of nitrogens with zero attached hydrogens (tertiary/aromatic N) is 1.